The first-order valence-corrected chi connectivity index (χ1v) is 6.22. The van der Waals surface area contributed by atoms with Gasteiger partial charge >= 0.3 is 12.1 Å². The molecule has 0 bridgehead atoms. The van der Waals surface area contributed by atoms with E-state index in [1.165, 1.54) is 43.7 Å². The van der Waals surface area contributed by atoms with Gasteiger partial charge in [0.15, 0.2) is 5.76 Å². The molecule has 1 heterocycles. The third-order valence-corrected chi connectivity index (χ3v) is 2.71. The topological polar surface area (TPSA) is 80.6 Å². The largest absolute Gasteiger partial charge is 0.494 e. The van der Waals surface area contributed by atoms with Crippen molar-refractivity contribution in [1.29, 1.82) is 0 Å². The number of amides is 2. The van der Waals surface area contributed by atoms with Crippen LogP contribution in [0.2, 0.25) is 0 Å². The second kappa shape index (κ2) is 6.42. The smallest absolute Gasteiger partial charge is 0.471 e. The molecular formula is C14H11F3N2O4. The lowest BCUT2D eigenvalue weighted by Gasteiger charge is -2.13. The van der Waals surface area contributed by atoms with E-state index in [4.69, 9.17) is 9.15 Å². The number of anilines is 2. The molecule has 0 radical (unpaired) electrons. The SMILES string of the molecule is COc1cc(NC(=O)c2ccco2)ccc1NC(=O)C(F)(F)F. The molecule has 0 saturated carbocycles. The molecule has 1 aromatic heterocycles. The van der Waals surface area contributed by atoms with Gasteiger partial charge in [-0.1, -0.05) is 0 Å². The molecule has 0 fully saturated rings. The van der Waals surface area contributed by atoms with E-state index in [1.54, 1.807) is 5.32 Å². The fourth-order valence-electron chi connectivity index (χ4n) is 1.67. The molecule has 0 spiro atoms. The predicted molar refractivity (Wildman–Crippen MR) is 74.3 cm³/mol. The van der Waals surface area contributed by atoms with E-state index >= 15 is 0 Å². The Hall–Kier alpha value is -2.97. The Morgan fingerprint density at radius 3 is 2.48 bits per heavy atom. The first kappa shape index (κ1) is 16.4. The molecule has 2 amide bonds. The third-order valence-electron chi connectivity index (χ3n) is 2.71. The van der Waals surface area contributed by atoms with Crippen LogP contribution < -0.4 is 15.4 Å². The molecular weight excluding hydrogens is 317 g/mol. The minimum absolute atomic E-state index is 0.0418. The standard InChI is InChI=1S/C14H11F3N2O4/c1-22-11-7-8(18-12(20)10-3-2-6-23-10)4-5-9(11)19-13(21)14(15,16)17/h2-7H,1H3,(H,18,20)(H,19,21). The van der Waals surface area contributed by atoms with Gasteiger partial charge in [-0.15, -0.1) is 0 Å². The maximum atomic E-state index is 12.3. The summed E-state index contributed by atoms with van der Waals surface area (Å²) in [5.41, 5.74) is 0.0825. The summed E-state index contributed by atoms with van der Waals surface area (Å²) >= 11 is 0. The van der Waals surface area contributed by atoms with Crippen molar-refractivity contribution in [2.24, 2.45) is 0 Å². The summed E-state index contributed by atoms with van der Waals surface area (Å²) in [7, 11) is 1.22. The number of halogens is 3. The molecule has 2 rings (SSSR count). The third kappa shape index (κ3) is 4.02. The van der Waals surface area contributed by atoms with Crippen LogP contribution in [0.3, 0.4) is 0 Å². The van der Waals surface area contributed by atoms with E-state index in [1.807, 2.05) is 0 Å². The van der Waals surface area contributed by atoms with Gasteiger partial charge in [0.2, 0.25) is 0 Å². The normalized spacial score (nSPS) is 11.0. The summed E-state index contributed by atoms with van der Waals surface area (Å²) in [5.74, 6) is -2.63. The second-order valence-electron chi connectivity index (χ2n) is 4.30. The van der Waals surface area contributed by atoms with Gasteiger partial charge in [0.25, 0.3) is 5.91 Å². The highest BCUT2D eigenvalue weighted by molar-refractivity contribution is 6.03. The van der Waals surface area contributed by atoms with Crippen LogP contribution in [0.4, 0.5) is 24.5 Å². The Morgan fingerprint density at radius 2 is 1.91 bits per heavy atom. The Morgan fingerprint density at radius 1 is 1.17 bits per heavy atom. The molecule has 0 aliphatic heterocycles. The number of hydrogen-bond donors (Lipinski definition) is 2. The molecule has 2 aromatic rings. The molecule has 0 saturated heterocycles. The fraction of sp³-hybridized carbons (Fsp3) is 0.143. The fourth-order valence-corrected chi connectivity index (χ4v) is 1.67. The Labute approximate surface area is 128 Å². The molecule has 1 aromatic carbocycles. The highest BCUT2D eigenvalue weighted by atomic mass is 19.4. The lowest BCUT2D eigenvalue weighted by molar-refractivity contribution is -0.167. The quantitative estimate of drug-likeness (QED) is 0.904. The Kier molecular flexibility index (Phi) is 4.58. The van der Waals surface area contributed by atoms with Gasteiger partial charge in [-0.25, -0.2) is 0 Å². The summed E-state index contributed by atoms with van der Waals surface area (Å²) in [6.07, 6.45) is -3.69. The van der Waals surface area contributed by atoms with E-state index in [2.05, 4.69) is 5.32 Å². The van der Waals surface area contributed by atoms with E-state index in [-0.39, 0.29) is 22.9 Å². The monoisotopic (exact) mass is 328 g/mol. The van der Waals surface area contributed by atoms with Crippen LogP contribution in [0.1, 0.15) is 10.6 Å². The van der Waals surface area contributed by atoms with Crippen molar-refractivity contribution < 1.29 is 31.9 Å². The molecule has 23 heavy (non-hydrogen) atoms. The molecule has 0 unspecified atom stereocenters. The lowest BCUT2D eigenvalue weighted by Crippen LogP contribution is -2.30. The van der Waals surface area contributed by atoms with Crippen molar-refractivity contribution in [1.82, 2.24) is 0 Å². The first-order valence-electron chi connectivity index (χ1n) is 6.22. The summed E-state index contributed by atoms with van der Waals surface area (Å²) < 4.78 is 46.6. The van der Waals surface area contributed by atoms with Gasteiger partial charge in [-0.3, -0.25) is 9.59 Å². The van der Waals surface area contributed by atoms with Gasteiger partial charge in [0, 0.05) is 11.8 Å². The number of hydrogen-bond acceptors (Lipinski definition) is 4. The van der Waals surface area contributed by atoms with Crippen molar-refractivity contribution in [2.45, 2.75) is 6.18 Å². The van der Waals surface area contributed by atoms with Crippen molar-refractivity contribution in [3.63, 3.8) is 0 Å². The van der Waals surface area contributed by atoms with Crippen LogP contribution in [0, 0.1) is 0 Å². The number of nitrogens with one attached hydrogen (secondary N) is 2. The zero-order valence-corrected chi connectivity index (χ0v) is 11.7. The van der Waals surface area contributed by atoms with E-state index < -0.39 is 18.0 Å². The van der Waals surface area contributed by atoms with Crippen LogP contribution in [0.25, 0.3) is 0 Å². The van der Waals surface area contributed by atoms with Crippen LogP contribution in [-0.4, -0.2) is 25.1 Å². The number of ether oxygens (including phenoxy) is 1. The van der Waals surface area contributed by atoms with Crippen LogP contribution in [0.5, 0.6) is 5.75 Å². The van der Waals surface area contributed by atoms with Crippen molar-refractivity contribution in [2.75, 3.05) is 17.7 Å². The molecule has 122 valence electrons. The Bertz CT molecular complexity index is 711. The summed E-state index contributed by atoms with van der Waals surface area (Å²) in [6, 6.07) is 6.75. The van der Waals surface area contributed by atoms with Crippen LogP contribution in [-0.2, 0) is 4.79 Å². The molecule has 0 aliphatic rings. The van der Waals surface area contributed by atoms with Gasteiger partial charge in [-0.2, -0.15) is 13.2 Å². The van der Waals surface area contributed by atoms with E-state index in [9.17, 15) is 22.8 Å². The first-order chi connectivity index (χ1) is 10.8. The van der Waals surface area contributed by atoms with Crippen LogP contribution >= 0.6 is 0 Å². The van der Waals surface area contributed by atoms with Gasteiger partial charge in [0.1, 0.15) is 5.75 Å². The number of furan rings is 1. The maximum Gasteiger partial charge on any atom is 0.471 e. The molecule has 0 atom stereocenters. The predicted octanol–water partition coefficient (Wildman–Crippen LogP) is 3.04. The summed E-state index contributed by atoms with van der Waals surface area (Å²) in [6.45, 7) is 0. The van der Waals surface area contributed by atoms with Gasteiger partial charge < -0.3 is 19.8 Å². The minimum Gasteiger partial charge on any atom is -0.494 e. The van der Waals surface area contributed by atoms with Crippen molar-refractivity contribution >= 4 is 23.2 Å². The molecule has 0 aliphatic carbocycles. The molecule has 9 heteroatoms. The number of alkyl halides is 3. The van der Waals surface area contributed by atoms with Gasteiger partial charge in [-0.05, 0) is 24.3 Å². The maximum absolute atomic E-state index is 12.3. The summed E-state index contributed by atoms with van der Waals surface area (Å²) in [4.78, 5) is 22.8. The van der Waals surface area contributed by atoms with E-state index in [0.29, 0.717) is 0 Å². The van der Waals surface area contributed by atoms with Crippen molar-refractivity contribution in [3.05, 3.63) is 42.4 Å². The number of benzene rings is 1. The van der Waals surface area contributed by atoms with Crippen molar-refractivity contribution in [3.8, 4) is 5.75 Å². The number of carbonyl (C=O) groups excluding carboxylic acids is 2. The molecule has 2 N–H and O–H groups in total. The zero-order chi connectivity index (χ0) is 17.0. The summed E-state index contributed by atoms with van der Waals surface area (Å²) in [5, 5.41) is 4.17. The highest BCUT2D eigenvalue weighted by Crippen LogP contribution is 2.29. The Balaban J connectivity index is 2.16. The minimum atomic E-state index is -5.02. The average Bonchev–Trinajstić information content (AvgIpc) is 3.02. The highest BCUT2D eigenvalue weighted by Gasteiger charge is 2.39. The average molecular weight is 328 g/mol. The van der Waals surface area contributed by atoms with Crippen LogP contribution in [0.15, 0.2) is 41.0 Å². The number of rotatable bonds is 4. The number of carbonyl (C=O) groups is 2. The second-order valence-corrected chi connectivity index (χ2v) is 4.30. The zero-order valence-electron chi connectivity index (χ0n) is 11.7. The lowest BCUT2D eigenvalue weighted by atomic mass is 10.2. The van der Waals surface area contributed by atoms with Gasteiger partial charge in [0.05, 0.1) is 19.1 Å². The molecule has 6 nitrogen and oxygen atoms in total. The van der Waals surface area contributed by atoms with E-state index in [0.717, 1.165) is 0 Å². The number of methoxy groups -OCH3 is 1.